The highest BCUT2D eigenvalue weighted by molar-refractivity contribution is 5.99. The smallest absolute Gasteiger partial charge is 0.253 e. The summed E-state index contributed by atoms with van der Waals surface area (Å²) in [5.41, 5.74) is 6.49. The van der Waals surface area contributed by atoms with Gasteiger partial charge in [-0.3, -0.25) is 4.79 Å². The molecule has 1 unspecified atom stereocenters. The zero-order chi connectivity index (χ0) is 14.3. The fourth-order valence-corrected chi connectivity index (χ4v) is 1.68. The van der Waals surface area contributed by atoms with Gasteiger partial charge in [-0.05, 0) is 24.6 Å². The van der Waals surface area contributed by atoms with Crippen LogP contribution in [0.1, 0.15) is 16.8 Å². The standard InChI is InChI=1S/C13H20N2O4/c1-18-8-9(5-6-16)15-13(17)11-7-10(19-2)3-4-12(11)14/h3-4,7,9,16H,5-6,8,14H2,1-2H3,(H,15,17). The highest BCUT2D eigenvalue weighted by Crippen LogP contribution is 2.19. The third-order valence-electron chi connectivity index (χ3n) is 2.69. The number of amides is 1. The Balaban J connectivity index is 2.81. The van der Waals surface area contributed by atoms with Crippen LogP contribution in [0, 0.1) is 0 Å². The van der Waals surface area contributed by atoms with E-state index in [1.165, 1.54) is 14.2 Å². The van der Waals surface area contributed by atoms with Gasteiger partial charge in [0.05, 0.1) is 25.3 Å². The first-order valence-corrected chi connectivity index (χ1v) is 5.96. The van der Waals surface area contributed by atoms with Crippen LogP contribution in [0.2, 0.25) is 0 Å². The summed E-state index contributed by atoms with van der Waals surface area (Å²) in [7, 11) is 3.06. The van der Waals surface area contributed by atoms with E-state index in [1.807, 2.05) is 0 Å². The van der Waals surface area contributed by atoms with Crippen LogP contribution in [0.3, 0.4) is 0 Å². The van der Waals surface area contributed by atoms with Crippen LogP contribution in [0.5, 0.6) is 5.75 Å². The third kappa shape index (κ3) is 4.42. The van der Waals surface area contributed by atoms with E-state index < -0.39 is 0 Å². The first-order valence-electron chi connectivity index (χ1n) is 5.96. The van der Waals surface area contributed by atoms with E-state index in [0.717, 1.165) is 0 Å². The van der Waals surface area contributed by atoms with Gasteiger partial charge >= 0.3 is 0 Å². The molecule has 19 heavy (non-hydrogen) atoms. The number of rotatable bonds is 7. The van der Waals surface area contributed by atoms with Crippen molar-refractivity contribution in [3.8, 4) is 5.75 Å². The Hall–Kier alpha value is -1.79. The van der Waals surface area contributed by atoms with E-state index in [4.69, 9.17) is 20.3 Å². The number of hydrogen-bond acceptors (Lipinski definition) is 5. The Morgan fingerprint density at radius 3 is 2.79 bits per heavy atom. The Morgan fingerprint density at radius 2 is 2.21 bits per heavy atom. The number of aliphatic hydroxyl groups excluding tert-OH is 1. The summed E-state index contributed by atoms with van der Waals surface area (Å²) in [4.78, 5) is 12.1. The summed E-state index contributed by atoms with van der Waals surface area (Å²) < 4.78 is 10.0. The molecule has 106 valence electrons. The summed E-state index contributed by atoms with van der Waals surface area (Å²) in [6.45, 7) is 0.304. The minimum atomic E-state index is -0.313. The number of aliphatic hydroxyl groups is 1. The maximum absolute atomic E-state index is 12.1. The zero-order valence-electron chi connectivity index (χ0n) is 11.2. The number of anilines is 1. The van der Waals surface area contributed by atoms with E-state index in [9.17, 15) is 4.79 Å². The monoisotopic (exact) mass is 268 g/mol. The number of nitrogens with one attached hydrogen (secondary N) is 1. The predicted octanol–water partition coefficient (Wildman–Crippen LogP) is 0.405. The van der Waals surface area contributed by atoms with Gasteiger partial charge in [0.1, 0.15) is 5.75 Å². The quantitative estimate of drug-likeness (QED) is 0.622. The van der Waals surface area contributed by atoms with E-state index in [0.29, 0.717) is 30.0 Å². The van der Waals surface area contributed by atoms with Crippen LogP contribution in [0.4, 0.5) is 5.69 Å². The summed E-state index contributed by atoms with van der Waals surface area (Å²) in [6, 6.07) is 4.62. The largest absolute Gasteiger partial charge is 0.497 e. The molecule has 1 rings (SSSR count). The lowest BCUT2D eigenvalue weighted by Crippen LogP contribution is -2.39. The SMILES string of the molecule is COCC(CCO)NC(=O)c1cc(OC)ccc1N. The van der Waals surface area contributed by atoms with Crippen molar-refractivity contribution in [2.45, 2.75) is 12.5 Å². The molecular weight excluding hydrogens is 248 g/mol. The number of methoxy groups -OCH3 is 2. The molecule has 0 saturated carbocycles. The molecule has 0 spiro atoms. The molecule has 1 aromatic rings. The van der Waals surface area contributed by atoms with Crippen LogP contribution in [0.25, 0.3) is 0 Å². The fourth-order valence-electron chi connectivity index (χ4n) is 1.68. The van der Waals surface area contributed by atoms with Crippen LogP contribution in [-0.2, 0) is 4.74 Å². The highest BCUT2D eigenvalue weighted by atomic mass is 16.5. The number of ether oxygens (including phenoxy) is 2. The molecule has 0 fully saturated rings. The van der Waals surface area contributed by atoms with Gasteiger partial charge in [0.2, 0.25) is 0 Å². The molecule has 4 N–H and O–H groups in total. The van der Waals surface area contributed by atoms with Gasteiger partial charge in [-0.25, -0.2) is 0 Å². The van der Waals surface area contributed by atoms with E-state index in [1.54, 1.807) is 18.2 Å². The molecule has 6 nitrogen and oxygen atoms in total. The Morgan fingerprint density at radius 1 is 1.47 bits per heavy atom. The van der Waals surface area contributed by atoms with Gasteiger partial charge in [0.15, 0.2) is 0 Å². The molecule has 0 aliphatic carbocycles. The molecule has 1 amide bonds. The van der Waals surface area contributed by atoms with Crippen LogP contribution in [0.15, 0.2) is 18.2 Å². The average molecular weight is 268 g/mol. The second kappa shape index (κ2) is 7.60. The highest BCUT2D eigenvalue weighted by Gasteiger charge is 2.16. The van der Waals surface area contributed by atoms with Gasteiger partial charge in [-0.15, -0.1) is 0 Å². The molecule has 0 saturated heterocycles. The van der Waals surface area contributed by atoms with Gasteiger partial charge in [-0.2, -0.15) is 0 Å². The Bertz CT molecular complexity index is 417. The summed E-state index contributed by atoms with van der Waals surface area (Å²) >= 11 is 0. The molecule has 0 aliphatic heterocycles. The maximum atomic E-state index is 12.1. The van der Waals surface area contributed by atoms with Crippen LogP contribution >= 0.6 is 0 Å². The van der Waals surface area contributed by atoms with Crippen molar-refractivity contribution in [3.63, 3.8) is 0 Å². The number of nitrogens with two attached hydrogens (primary N) is 1. The molecule has 1 atom stereocenters. The van der Waals surface area contributed by atoms with Gasteiger partial charge < -0.3 is 25.6 Å². The van der Waals surface area contributed by atoms with Crippen molar-refractivity contribution >= 4 is 11.6 Å². The number of hydrogen-bond donors (Lipinski definition) is 3. The molecule has 0 aromatic heterocycles. The van der Waals surface area contributed by atoms with Crippen molar-refractivity contribution in [2.24, 2.45) is 0 Å². The lowest BCUT2D eigenvalue weighted by Gasteiger charge is -2.17. The first-order chi connectivity index (χ1) is 9.12. The number of carbonyl (C=O) groups excluding carboxylic acids is 1. The van der Waals surface area contributed by atoms with Gasteiger partial charge in [0.25, 0.3) is 5.91 Å². The molecule has 0 radical (unpaired) electrons. The zero-order valence-corrected chi connectivity index (χ0v) is 11.2. The van der Waals surface area contributed by atoms with E-state index >= 15 is 0 Å². The van der Waals surface area contributed by atoms with Gasteiger partial charge in [0, 0.05) is 19.4 Å². The molecule has 0 aliphatic rings. The lowest BCUT2D eigenvalue weighted by molar-refractivity contribution is 0.0879. The minimum absolute atomic E-state index is 0.0259. The Kier molecular flexibility index (Phi) is 6.11. The van der Waals surface area contributed by atoms with Crippen molar-refractivity contribution in [1.82, 2.24) is 5.32 Å². The first kappa shape index (κ1) is 15.3. The molecule has 1 aromatic carbocycles. The average Bonchev–Trinajstić information content (AvgIpc) is 2.39. The predicted molar refractivity (Wildman–Crippen MR) is 72.2 cm³/mol. The van der Waals surface area contributed by atoms with Gasteiger partial charge in [-0.1, -0.05) is 0 Å². The summed E-state index contributed by atoms with van der Waals surface area (Å²) in [6.07, 6.45) is 0.420. The van der Waals surface area contributed by atoms with Crippen LogP contribution < -0.4 is 15.8 Å². The molecular formula is C13H20N2O4. The third-order valence-corrected chi connectivity index (χ3v) is 2.69. The number of carbonyl (C=O) groups is 1. The molecule has 0 bridgehead atoms. The summed E-state index contributed by atoms with van der Waals surface area (Å²) in [5.74, 6) is 0.247. The van der Waals surface area contributed by atoms with Crippen molar-refractivity contribution < 1.29 is 19.4 Å². The maximum Gasteiger partial charge on any atom is 0.253 e. The fraction of sp³-hybridized carbons (Fsp3) is 0.462. The topological polar surface area (TPSA) is 93.8 Å². The van der Waals surface area contributed by atoms with Crippen molar-refractivity contribution in [3.05, 3.63) is 23.8 Å². The normalized spacial score (nSPS) is 11.9. The lowest BCUT2D eigenvalue weighted by atomic mass is 10.1. The summed E-state index contributed by atoms with van der Waals surface area (Å²) in [5, 5.41) is 11.7. The second-order valence-electron chi connectivity index (χ2n) is 4.09. The van der Waals surface area contributed by atoms with Crippen LogP contribution in [-0.4, -0.2) is 44.5 Å². The van der Waals surface area contributed by atoms with E-state index in [2.05, 4.69) is 5.32 Å². The number of nitrogen functional groups attached to an aromatic ring is 1. The van der Waals surface area contributed by atoms with Crippen molar-refractivity contribution in [2.75, 3.05) is 33.2 Å². The number of benzene rings is 1. The van der Waals surface area contributed by atoms with E-state index in [-0.39, 0.29) is 18.6 Å². The Labute approximate surface area is 112 Å². The minimum Gasteiger partial charge on any atom is -0.497 e. The van der Waals surface area contributed by atoms with Crippen molar-refractivity contribution in [1.29, 1.82) is 0 Å². The molecule has 0 heterocycles. The second-order valence-corrected chi connectivity index (χ2v) is 4.09. The molecule has 6 heteroatoms.